The Morgan fingerprint density at radius 3 is 2.45 bits per heavy atom. The SMILES string of the molecule is Nc1cccc(S(=O)(=O)NCc2cccc3ccccc23)c1. The second kappa shape index (κ2) is 5.79. The van der Waals surface area contributed by atoms with Crippen molar-refractivity contribution in [2.45, 2.75) is 11.4 Å². The van der Waals surface area contributed by atoms with Crippen molar-refractivity contribution in [3.05, 3.63) is 72.3 Å². The first kappa shape index (κ1) is 14.6. The van der Waals surface area contributed by atoms with Gasteiger partial charge in [-0.2, -0.15) is 0 Å². The highest BCUT2D eigenvalue weighted by Crippen LogP contribution is 2.19. The van der Waals surface area contributed by atoms with Crippen molar-refractivity contribution in [1.29, 1.82) is 0 Å². The van der Waals surface area contributed by atoms with Gasteiger partial charge in [0.15, 0.2) is 0 Å². The lowest BCUT2D eigenvalue weighted by Gasteiger charge is -2.09. The molecule has 0 unspecified atom stereocenters. The van der Waals surface area contributed by atoms with Crippen LogP contribution in [0.15, 0.2) is 71.6 Å². The highest BCUT2D eigenvalue weighted by Gasteiger charge is 2.14. The van der Waals surface area contributed by atoms with Crippen LogP contribution in [-0.2, 0) is 16.6 Å². The standard InChI is InChI=1S/C17H16N2O2S/c18-15-8-4-9-16(11-15)22(20,21)19-12-14-7-3-6-13-5-1-2-10-17(13)14/h1-11,19H,12,18H2. The van der Waals surface area contributed by atoms with Gasteiger partial charge in [-0.1, -0.05) is 48.5 Å². The molecule has 0 amide bonds. The Kier molecular flexibility index (Phi) is 3.83. The van der Waals surface area contributed by atoms with E-state index >= 15 is 0 Å². The maximum Gasteiger partial charge on any atom is 0.240 e. The molecule has 3 aromatic rings. The summed E-state index contributed by atoms with van der Waals surface area (Å²) in [5.41, 5.74) is 7.00. The number of anilines is 1. The van der Waals surface area contributed by atoms with Gasteiger partial charge >= 0.3 is 0 Å². The molecule has 4 nitrogen and oxygen atoms in total. The minimum atomic E-state index is -3.58. The molecule has 0 aliphatic rings. The molecule has 3 rings (SSSR count). The number of nitrogen functional groups attached to an aromatic ring is 1. The lowest BCUT2D eigenvalue weighted by atomic mass is 10.1. The summed E-state index contributed by atoms with van der Waals surface area (Å²) >= 11 is 0. The average Bonchev–Trinajstić information content (AvgIpc) is 2.53. The van der Waals surface area contributed by atoms with Crippen LogP contribution in [0.3, 0.4) is 0 Å². The van der Waals surface area contributed by atoms with Gasteiger partial charge in [-0.05, 0) is 34.5 Å². The lowest BCUT2D eigenvalue weighted by molar-refractivity contribution is 0.581. The van der Waals surface area contributed by atoms with Gasteiger partial charge in [-0.15, -0.1) is 0 Å². The van der Waals surface area contributed by atoms with Gasteiger partial charge < -0.3 is 5.73 Å². The van der Waals surface area contributed by atoms with Crippen LogP contribution in [0.4, 0.5) is 5.69 Å². The van der Waals surface area contributed by atoms with E-state index in [-0.39, 0.29) is 11.4 Å². The predicted molar refractivity (Wildman–Crippen MR) is 88.8 cm³/mol. The van der Waals surface area contributed by atoms with Crippen molar-refractivity contribution in [1.82, 2.24) is 4.72 Å². The largest absolute Gasteiger partial charge is 0.399 e. The Labute approximate surface area is 129 Å². The second-order valence-electron chi connectivity index (χ2n) is 5.04. The van der Waals surface area contributed by atoms with Gasteiger partial charge in [0.05, 0.1) is 4.90 Å². The Hall–Kier alpha value is -2.37. The van der Waals surface area contributed by atoms with E-state index in [9.17, 15) is 8.42 Å². The number of fused-ring (bicyclic) bond motifs is 1. The van der Waals surface area contributed by atoms with Crippen molar-refractivity contribution in [3.63, 3.8) is 0 Å². The Balaban J connectivity index is 1.88. The summed E-state index contributed by atoms with van der Waals surface area (Å²) in [5, 5.41) is 2.13. The Morgan fingerprint density at radius 1 is 0.909 bits per heavy atom. The van der Waals surface area contributed by atoms with Crippen molar-refractivity contribution < 1.29 is 8.42 Å². The summed E-state index contributed by atoms with van der Waals surface area (Å²) in [6.07, 6.45) is 0. The van der Waals surface area contributed by atoms with E-state index < -0.39 is 10.0 Å². The Bertz CT molecular complexity index is 915. The molecule has 3 aromatic carbocycles. The molecule has 0 aliphatic carbocycles. The van der Waals surface area contributed by atoms with Gasteiger partial charge in [-0.25, -0.2) is 13.1 Å². The summed E-state index contributed by atoms with van der Waals surface area (Å²) in [4.78, 5) is 0.174. The van der Waals surface area contributed by atoms with E-state index in [0.29, 0.717) is 5.69 Å². The van der Waals surface area contributed by atoms with Crippen LogP contribution in [0.25, 0.3) is 10.8 Å². The fraction of sp³-hybridized carbons (Fsp3) is 0.0588. The quantitative estimate of drug-likeness (QED) is 0.728. The number of hydrogen-bond acceptors (Lipinski definition) is 3. The molecule has 112 valence electrons. The van der Waals surface area contributed by atoms with E-state index in [2.05, 4.69) is 4.72 Å². The number of rotatable bonds is 4. The van der Waals surface area contributed by atoms with E-state index in [4.69, 9.17) is 5.73 Å². The third-order valence-corrected chi connectivity index (χ3v) is 4.90. The molecule has 0 bridgehead atoms. The highest BCUT2D eigenvalue weighted by atomic mass is 32.2. The molecule has 0 heterocycles. The van der Waals surface area contributed by atoms with Gasteiger partial charge in [0.25, 0.3) is 0 Å². The summed E-state index contributed by atoms with van der Waals surface area (Å²) in [6, 6.07) is 20.0. The van der Waals surface area contributed by atoms with Crippen LogP contribution in [-0.4, -0.2) is 8.42 Å². The van der Waals surface area contributed by atoms with Crippen LogP contribution < -0.4 is 10.5 Å². The third kappa shape index (κ3) is 2.95. The molecule has 0 spiro atoms. The first-order valence-electron chi connectivity index (χ1n) is 6.88. The van der Waals surface area contributed by atoms with Crippen molar-refractivity contribution in [2.24, 2.45) is 0 Å². The molecule has 5 heteroatoms. The van der Waals surface area contributed by atoms with Crippen molar-refractivity contribution in [3.8, 4) is 0 Å². The zero-order chi connectivity index (χ0) is 15.6. The van der Waals surface area contributed by atoms with Gasteiger partial charge in [0, 0.05) is 12.2 Å². The van der Waals surface area contributed by atoms with E-state index in [1.165, 1.54) is 12.1 Å². The number of nitrogens with one attached hydrogen (secondary N) is 1. The Morgan fingerprint density at radius 2 is 1.64 bits per heavy atom. The van der Waals surface area contributed by atoms with Crippen LogP contribution in [0.5, 0.6) is 0 Å². The molecule has 0 saturated heterocycles. The summed E-state index contributed by atoms with van der Waals surface area (Å²) in [5.74, 6) is 0. The van der Waals surface area contributed by atoms with Gasteiger partial charge in [0.2, 0.25) is 10.0 Å². The monoisotopic (exact) mass is 312 g/mol. The van der Waals surface area contributed by atoms with Crippen LogP contribution >= 0.6 is 0 Å². The molecular formula is C17H16N2O2S. The normalized spacial score (nSPS) is 11.6. The zero-order valence-corrected chi connectivity index (χ0v) is 12.7. The summed E-state index contributed by atoms with van der Waals surface area (Å²) < 4.78 is 27.3. The van der Waals surface area contributed by atoms with Crippen LogP contribution in [0.2, 0.25) is 0 Å². The average molecular weight is 312 g/mol. The first-order chi connectivity index (χ1) is 10.6. The number of nitrogens with two attached hydrogens (primary N) is 1. The van der Waals surface area contributed by atoms with Crippen molar-refractivity contribution >= 4 is 26.5 Å². The topological polar surface area (TPSA) is 72.2 Å². The van der Waals surface area contributed by atoms with E-state index in [0.717, 1.165) is 16.3 Å². The molecule has 0 radical (unpaired) electrons. The molecule has 0 atom stereocenters. The minimum Gasteiger partial charge on any atom is -0.399 e. The molecule has 0 aliphatic heterocycles. The van der Waals surface area contributed by atoms with Crippen LogP contribution in [0.1, 0.15) is 5.56 Å². The lowest BCUT2D eigenvalue weighted by Crippen LogP contribution is -2.23. The van der Waals surface area contributed by atoms with Crippen LogP contribution in [0, 0.1) is 0 Å². The molecule has 0 fully saturated rings. The molecule has 0 saturated carbocycles. The van der Waals surface area contributed by atoms with Gasteiger partial charge in [-0.3, -0.25) is 0 Å². The first-order valence-corrected chi connectivity index (χ1v) is 8.36. The third-order valence-electron chi connectivity index (χ3n) is 3.50. The maximum absolute atomic E-state index is 12.3. The fourth-order valence-electron chi connectivity index (χ4n) is 2.38. The second-order valence-corrected chi connectivity index (χ2v) is 6.80. The maximum atomic E-state index is 12.3. The molecule has 3 N–H and O–H groups in total. The number of hydrogen-bond donors (Lipinski definition) is 2. The number of sulfonamides is 1. The minimum absolute atomic E-state index is 0.174. The number of benzene rings is 3. The highest BCUT2D eigenvalue weighted by molar-refractivity contribution is 7.89. The van der Waals surface area contributed by atoms with Gasteiger partial charge in [0.1, 0.15) is 0 Å². The fourth-order valence-corrected chi connectivity index (χ4v) is 3.45. The predicted octanol–water partition coefficient (Wildman–Crippen LogP) is 2.90. The van der Waals surface area contributed by atoms with E-state index in [1.54, 1.807) is 12.1 Å². The molecular weight excluding hydrogens is 296 g/mol. The smallest absolute Gasteiger partial charge is 0.240 e. The molecule has 0 aromatic heterocycles. The summed E-state index contributed by atoms with van der Waals surface area (Å²) in [6.45, 7) is 0.235. The van der Waals surface area contributed by atoms with E-state index in [1.807, 2.05) is 42.5 Å². The molecule has 22 heavy (non-hydrogen) atoms. The zero-order valence-electron chi connectivity index (χ0n) is 11.9. The summed E-state index contributed by atoms with van der Waals surface area (Å²) in [7, 11) is -3.58. The van der Waals surface area contributed by atoms with Crippen molar-refractivity contribution in [2.75, 3.05) is 5.73 Å².